The van der Waals surface area contributed by atoms with E-state index < -0.39 is 0 Å². The van der Waals surface area contributed by atoms with Crippen molar-refractivity contribution in [1.29, 1.82) is 0 Å². The first-order valence-corrected chi connectivity index (χ1v) is 5.71. The van der Waals surface area contributed by atoms with Gasteiger partial charge in [-0.3, -0.25) is 0 Å². The van der Waals surface area contributed by atoms with E-state index in [9.17, 15) is 14.6 Å². The molecule has 0 unspecified atom stereocenters. The molecule has 0 bridgehead atoms. The fourth-order valence-electron chi connectivity index (χ4n) is 2.13. The van der Waals surface area contributed by atoms with Crippen molar-refractivity contribution in [2.75, 3.05) is 0 Å². The van der Waals surface area contributed by atoms with E-state index in [1.165, 1.54) is 18.2 Å². The average molecular weight is 258 g/mol. The van der Waals surface area contributed by atoms with Crippen LogP contribution < -0.4 is 0 Å². The van der Waals surface area contributed by atoms with Crippen molar-refractivity contribution in [2.24, 2.45) is 7.05 Å². The Morgan fingerprint density at radius 3 is 2.74 bits per heavy atom. The van der Waals surface area contributed by atoms with E-state index in [-0.39, 0.29) is 17.3 Å². The zero-order valence-corrected chi connectivity index (χ0v) is 10.1. The van der Waals surface area contributed by atoms with Gasteiger partial charge in [0.15, 0.2) is 11.5 Å². The Morgan fingerprint density at radius 1 is 1.16 bits per heavy atom. The van der Waals surface area contributed by atoms with Gasteiger partial charge in [-0.25, -0.2) is 9.37 Å². The van der Waals surface area contributed by atoms with Crippen LogP contribution in [0.5, 0.6) is 11.5 Å². The van der Waals surface area contributed by atoms with Crippen LogP contribution >= 0.6 is 0 Å². The van der Waals surface area contributed by atoms with E-state index in [4.69, 9.17) is 0 Å². The summed E-state index contributed by atoms with van der Waals surface area (Å²) in [6.07, 6.45) is 0. The minimum Gasteiger partial charge on any atom is -0.504 e. The Labute approximate surface area is 108 Å². The standard InChI is InChI=1S/C14H11FN2O2/c1-17-11-6-5-8(15)7-10(11)16-14(17)9-3-2-4-12(18)13(9)19/h2-7,18-19H,1H3. The number of halogens is 1. The van der Waals surface area contributed by atoms with Gasteiger partial charge < -0.3 is 14.8 Å². The maximum absolute atomic E-state index is 13.2. The summed E-state index contributed by atoms with van der Waals surface area (Å²) in [5, 5.41) is 19.4. The number of phenolic OH excluding ortho intramolecular Hbond substituents is 2. The van der Waals surface area contributed by atoms with Crippen LogP contribution in [0, 0.1) is 5.82 Å². The highest BCUT2D eigenvalue weighted by Gasteiger charge is 2.15. The summed E-state index contributed by atoms with van der Waals surface area (Å²) >= 11 is 0. The van der Waals surface area contributed by atoms with Crippen LogP contribution in [0.25, 0.3) is 22.4 Å². The van der Waals surface area contributed by atoms with Crippen molar-refractivity contribution in [2.45, 2.75) is 0 Å². The molecule has 4 nitrogen and oxygen atoms in total. The van der Waals surface area contributed by atoms with Gasteiger partial charge >= 0.3 is 0 Å². The minimum absolute atomic E-state index is 0.212. The zero-order valence-electron chi connectivity index (χ0n) is 10.1. The molecule has 0 saturated carbocycles. The lowest BCUT2D eigenvalue weighted by molar-refractivity contribution is 0.405. The van der Waals surface area contributed by atoms with E-state index in [0.29, 0.717) is 16.9 Å². The van der Waals surface area contributed by atoms with Gasteiger partial charge in [-0.1, -0.05) is 6.07 Å². The number of hydrogen-bond acceptors (Lipinski definition) is 3. The fraction of sp³-hybridized carbons (Fsp3) is 0.0714. The molecule has 0 atom stereocenters. The van der Waals surface area contributed by atoms with Gasteiger partial charge in [0, 0.05) is 13.1 Å². The predicted molar refractivity (Wildman–Crippen MR) is 69.4 cm³/mol. The van der Waals surface area contributed by atoms with Gasteiger partial charge in [0.05, 0.1) is 16.6 Å². The van der Waals surface area contributed by atoms with Gasteiger partial charge in [0.1, 0.15) is 11.6 Å². The number of aromatic nitrogens is 2. The number of phenols is 2. The third-order valence-corrected chi connectivity index (χ3v) is 3.10. The second kappa shape index (κ2) is 3.98. The third kappa shape index (κ3) is 1.71. The Kier molecular flexibility index (Phi) is 2.41. The van der Waals surface area contributed by atoms with E-state index in [2.05, 4.69) is 4.98 Å². The molecular weight excluding hydrogens is 247 g/mol. The number of nitrogens with zero attached hydrogens (tertiary/aromatic N) is 2. The summed E-state index contributed by atoms with van der Waals surface area (Å²) in [6, 6.07) is 8.97. The van der Waals surface area contributed by atoms with Crippen molar-refractivity contribution in [1.82, 2.24) is 9.55 Å². The minimum atomic E-state index is -0.364. The van der Waals surface area contributed by atoms with Crippen LogP contribution in [-0.2, 0) is 7.05 Å². The van der Waals surface area contributed by atoms with Crippen LogP contribution in [0.3, 0.4) is 0 Å². The SMILES string of the molecule is Cn1c(-c2cccc(O)c2O)nc2cc(F)ccc21. The normalized spacial score (nSPS) is 11.1. The quantitative estimate of drug-likeness (QED) is 0.660. The zero-order chi connectivity index (χ0) is 13.6. The fourth-order valence-corrected chi connectivity index (χ4v) is 2.13. The number of hydrogen-bond donors (Lipinski definition) is 2. The molecule has 19 heavy (non-hydrogen) atoms. The number of aryl methyl sites for hydroxylation is 1. The maximum atomic E-state index is 13.2. The van der Waals surface area contributed by atoms with Crippen molar-refractivity contribution >= 4 is 11.0 Å². The molecule has 2 N–H and O–H groups in total. The first-order valence-electron chi connectivity index (χ1n) is 5.71. The number of rotatable bonds is 1. The summed E-state index contributed by atoms with van der Waals surface area (Å²) in [6.45, 7) is 0. The van der Waals surface area contributed by atoms with Crippen molar-refractivity contribution in [3.8, 4) is 22.9 Å². The van der Waals surface area contributed by atoms with Crippen LogP contribution in [-0.4, -0.2) is 19.8 Å². The van der Waals surface area contributed by atoms with Crippen molar-refractivity contribution in [3.63, 3.8) is 0 Å². The predicted octanol–water partition coefficient (Wildman–Crippen LogP) is 2.79. The Balaban J connectivity index is 2.31. The lowest BCUT2D eigenvalue weighted by atomic mass is 10.2. The van der Waals surface area contributed by atoms with Crippen LogP contribution in [0.2, 0.25) is 0 Å². The van der Waals surface area contributed by atoms with E-state index in [1.807, 2.05) is 0 Å². The monoisotopic (exact) mass is 258 g/mol. The van der Waals surface area contributed by atoms with Gasteiger partial charge in [-0.05, 0) is 24.3 Å². The molecule has 96 valence electrons. The largest absolute Gasteiger partial charge is 0.504 e. The van der Waals surface area contributed by atoms with Gasteiger partial charge in [-0.15, -0.1) is 0 Å². The molecule has 0 aliphatic heterocycles. The number of para-hydroxylation sites is 1. The summed E-state index contributed by atoms with van der Waals surface area (Å²) in [4.78, 5) is 4.30. The topological polar surface area (TPSA) is 58.3 Å². The van der Waals surface area contributed by atoms with Gasteiger partial charge in [0.2, 0.25) is 0 Å². The smallest absolute Gasteiger partial charge is 0.168 e. The van der Waals surface area contributed by atoms with Gasteiger partial charge in [-0.2, -0.15) is 0 Å². The average Bonchev–Trinajstić information content (AvgIpc) is 2.69. The van der Waals surface area contributed by atoms with Crippen LogP contribution in [0.1, 0.15) is 0 Å². The molecule has 0 radical (unpaired) electrons. The molecule has 3 rings (SSSR count). The van der Waals surface area contributed by atoms with Crippen LogP contribution in [0.15, 0.2) is 36.4 Å². The van der Waals surface area contributed by atoms with Crippen molar-refractivity contribution < 1.29 is 14.6 Å². The third-order valence-electron chi connectivity index (χ3n) is 3.10. The lowest BCUT2D eigenvalue weighted by Gasteiger charge is -2.06. The number of aromatic hydroxyl groups is 2. The molecule has 3 aromatic rings. The molecule has 0 fully saturated rings. The maximum Gasteiger partial charge on any atom is 0.168 e. The Hall–Kier alpha value is -2.56. The lowest BCUT2D eigenvalue weighted by Crippen LogP contribution is -1.92. The first kappa shape index (κ1) is 11.5. The highest BCUT2D eigenvalue weighted by atomic mass is 19.1. The molecule has 0 amide bonds. The summed E-state index contributed by atoms with van der Waals surface area (Å²) in [5.41, 5.74) is 1.65. The summed E-state index contributed by atoms with van der Waals surface area (Å²) in [7, 11) is 1.77. The molecule has 0 aliphatic rings. The molecular formula is C14H11FN2O2. The van der Waals surface area contributed by atoms with E-state index in [1.54, 1.807) is 29.8 Å². The van der Waals surface area contributed by atoms with E-state index in [0.717, 1.165) is 5.52 Å². The van der Waals surface area contributed by atoms with E-state index >= 15 is 0 Å². The number of fused-ring (bicyclic) bond motifs is 1. The number of benzene rings is 2. The molecule has 0 saturated heterocycles. The highest BCUT2D eigenvalue weighted by molar-refractivity contribution is 5.82. The summed E-state index contributed by atoms with van der Waals surface area (Å²) < 4.78 is 14.9. The summed E-state index contributed by atoms with van der Waals surface area (Å²) in [5.74, 6) is -0.344. The molecule has 1 aromatic heterocycles. The first-order chi connectivity index (χ1) is 9.08. The second-order valence-corrected chi connectivity index (χ2v) is 4.30. The molecule has 0 spiro atoms. The molecule has 0 aliphatic carbocycles. The Morgan fingerprint density at radius 2 is 1.95 bits per heavy atom. The molecule has 1 heterocycles. The van der Waals surface area contributed by atoms with Crippen LogP contribution in [0.4, 0.5) is 4.39 Å². The number of imidazole rings is 1. The second-order valence-electron chi connectivity index (χ2n) is 4.30. The van der Waals surface area contributed by atoms with Gasteiger partial charge in [0.25, 0.3) is 0 Å². The molecule has 5 heteroatoms. The van der Waals surface area contributed by atoms with Crippen molar-refractivity contribution in [3.05, 3.63) is 42.2 Å². The highest BCUT2D eigenvalue weighted by Crippen LogP contribution is 2.36. The molecule has 2 aromatic carbocycles. The Bertz CT molecular complexity index is 780.